The van der Waals surface area contributed by atoms with Gasteiger partial charge < -0.3 is 15.9 Å². The number of phenols is 1. The Labute approximate surface area is 212 Å². The number of primary amides is 1. The smallest absolute Gasteiger partial charge is 0.235 e. The lowest BCUT2D eigenvalue weighted by Crippen LogP contribution is -2.74. The van der Waals surface area contributed by atoms with Crippen LogP contribution in [0.5, 0.6) is 5.75 Å². The molecule has 4 N–H and O–H groups in total. The maximum Gasteiger partial charge on any atom is 0.235 e. The van der Waals surface area contributed by atoms with Crippen LogP contribution in [-0.4, -0.2) is 87.9 Å². The third-order valence-corrected chi connectivity index (χ3v) is 8.66. The average Bonchev–Trinajstić information content (AvgIpc) is 3.32. The Hall–Kier alpha value is -3.02. The fourth-order valence-electron chi connectivity index (χ4n) is 7.00. The molecular weight excluding hydrogens is 485 g/mol. The Balaban J connectivity index is 1.58. The summed E-state index contributed by atoms with van der Waals surface area (Å²) in [5.41, 5.74) is 2.44. The molecule has 1 amide bonds. The van der Waals surface area contributed by atoms with Crippen LogP contribution in [0.25, 0.3) is 0 Å². The number of likely N-dealkylation sites (tertiary alicyclic amines) is 1. The molecule has 3 fully saturated rings. The number of fused-ring (bicyclic) bond motifs is 3. The topological polar surface area (TPSA) is 158 Å². The first-order valence-electron chi connectivity index (χ1n) is 12.5. The highest BCUT2D eigenvalue weighted by atomic mass is 19.1. The van der Waals surface area contributed by atoms with Gasteiger partial charge in [0.1, 0.15) is 11.6 Å². The van der Waals surface area contributed by atoms with Crippen molar-refractivity contribution >= 4 is 29.0 Å². The monoisotopic (exact) mass is 515 g/mol. The van der Waals surface area contributed by atoms with Crippen molar-refractivity contribution in [2.24, 2.45) is 29.4 Å². The van der Waals surface area contributed by atoms with Crippen LogP contribution in [-0.2, 0) is 32.1 Å². The first-order valence-corrected chi connectivity index (χ1v) is 12.5. The number of nitrogens with zero attached hydrogens (tertiary/aromatic N) is 2. The summed E-state index contributed by atoms with van der Waals surface area (Å²) in [6, 6.07) is 0.00637. The van der Waals surface area contributed by atoms with E-state index in [1.807, 2.05) is 0 Å². The van der Waals surface area contributed by atoms with Gasteiger partial charge >= 0.3 is 0 Å². The van der Waals surface area contributed by atoms with E-state index in [9.17, 15) is 34.2 Å². The second-order valence-corrected chi connectivity index (χ2v) is 11.0. The van der Waals surface area contributed by atoms with Gasteiger partial charge in [-0.15, -0.1) is 0 Å². The third-order valence-electron chi connectivity index (χ3n) is 8.66. The highest BCUT2D eigenvalue weighted by Crippen LogP contribution is 2.51. The molecule has 5 rings (SSSR count). The average molecular weight is 516 g/mol. The zero-order chi connectivity index (χ0) is 27.0. The zero-order valence-electron chi connectivity index (χ0n) is 20.7. The third kappa shape index (κ3) is 3.58. The molecule has 0 aromatic heterocycles. The summed E-state index contributed by atoms with van der Waals surface area (Å²) in [6.07, 6.45) is 1.79. The molecule has 3 aliphatic carbocycles. The van der Waals surface area contributed by atoms with Crippen molar-refractivity contribution in [2.75, 3.05) is 27.2 Å². The fourth-order valence-corrected chi connectivity index (χ4v) is 7.00. The van der Waals surface area contributed by atoms with Crippen molar-refractivity contribution < 1.29 is 38.6 Å². The fraction of sp³-hybridized carbons (Fsp3) is 0.577. The van der Waals surface area contributed by atoms with Crippen LogP contribution in [0.4, 0.5) is 4.39 Å². The Morgan fingerprint density at radius 3 is 2.43 bits per heavy atom. The quantitative estimate of drug-likeness (QED) is 0.454. The van der Waals surface area contributed by atoms with Gasteiger partial charge in [0.2, 0.25) is 5.91 Å². The van der Waals surface area contributed by atoms with Gasteiger partial charge in [0, 0.05) is 23.6 Å². The number of likely N-dealkylation sites (N-methyl/N-ethyl adjacent to an activating group) is 1. The minimum Gasteiger partial charge on any atom is -0.507 e. The van der Waals surface area contributed by atoms with Crippen molar-refractivity contribution in [3.05, 3.63) is 28.6 Å². The number of nitrogens with two attached hydrogens (primary N) is 1. The summed E-state index contributed by atoms with van der Waals surface area (Å²) in [7, 11) is 3.02. The number of rotatable bonds is 4. The second kappa shape index (κ2) is 8.78. The van der Waals surface area contributed by atoms with Gasteiger partial charge in [-0.25, -0.2) is 4.39 Å². The minimum absolute atomic E-state index is 0.00330. The maximum absolute atomic E-state index is 15.7. The van der Waals surface area contributed by atoms with Crippen LogP contribution in [0.1, 0.15) is 40.7 Å². The normalized spacial score (nSPS) is 33.9. The molecule has 2 unspecified atom stereocenters. The standard InChI is InChI=1S/C26H30FN3O7/c1-29(2)20-14-8-11-7-13-17(15(31)9-12(19(13)27)10-30-5-3-4-6-30)21(32)16(11)23(34)26(14,37)24(35)18(22(20)33)25(28)36/h9,11,14,16,18,20,31,37H,3-8,10H2,1-2H3,(H2,28,36)/t11-,14-,16?,18?,20-,26-/m0/s1. The lowest BCUT2D eigenvalue weighted by atomic mass is 9.52. The number of amides is 1. The van der Waals surface area contributed by atoms with E-state index in [2.05, 4.69) is 4.90 Å². The van der Waals surface area contributed by atoms with Gasteiger partial charge in [-0.1, -0.05) is 0 Å². The number of hydrogen-bond donors (Lipinski definition) is 3. The minimum atomic E-state index is -2.79. The van der Waals surface area contributed by atoms with Crippen LogP contribution >= 0.6 is 0 Å². The van der Waals surface area contributed by atoms with Crippen LogP contribution < -0.4 is 5.73 Å². The molecule has 37 heavy (non-hydrogen) atoms. The number of halogens is 1. The first kappa shape index (κ1) is 25.6. The Kier molecular flexibility index (Phi) is 6.08. The summed E-state index contributed by atoms with van der Waals surface area (Å²) in [5.74, 6) is -12.1. The van der Waals surface area contributed by atoms with Gasteiger partial charge in [0.25, 0.3) is 0 Å². The molecule has 1 aliphatic heterocycles. The summed E-state index contributed by atoms with van der Waals surface area (Å²) >= 11 is 0. The number of benzene rings is 1. The summed E-state index contributed by atoms with van der Waals surface area (Å²) in [4.78, 5) is 69.1. The molecule has 6 atom stereocenters. The van der Waals surface area contributed by atoms with Crippen LogP contribution in [0.2, 0.25) is 0 Å². The SMILES string of the molecule is CN(C)[C@@H]1C(=O)C(C(N)=O)C(=O)[C@@]2(O)C(=O)C3C(=O)c4c(O)cc(CN5CCCC5)c(F)c4C[C@H]3C[C@@H]12. The highest BCUT2D eigenvalue weighted by Gasteiger charge is 2.69. The van der Waals surface area contributed by atoms with Gasteiger partial charge in [-0.05, 0) is 64.9 Å². The van der Waals surface area contributed by atoms with E-state index in [0.29, 0.717) is 0 Å². The Morgan fingerprint density at radius 2 is 1.84 bits per heavy atom. The first-order chi connectivity index (χ1) is 17.4. The predicted octanol–water partition coefficient (Wildman–Crippen LogP) is -0.398. The Bertz CT molecular complexity index is 1240. The molecule has 10 nitrogen and oxygen atoms in total. The number of carbonyl (C=O) groups is 5. The summed E-state index contributed by atoms with van der Waals surface area (Å²) in [6.45, 7) is 1.88. The lowest BCUT2D eigenvalue weighted by Gasteiger charge is -2.52. The molecule has 1 saturated heterocycles. The Morgan fingerprint density at radius 1 is 1.19 bits per heavy atom. The zero-order valence-corrected chi connectivity index (χ0v) is 20.7. The molecule has 4 aliphatic rings. The van der Waals surface area contributed by atoms with Crippen molar-refractivity contribution in [3.63, 3.8) is 0 Å². The van der Waals surface area contributed by atoms with E-state index < -0.39 is 75.9 Å². The summed E-state index contributed by atoms with van der Waals surface area (Å²) < 4.78 is 15.7. The van der Waals surface area contributed by atoms with Crippen LogP contribution in [0.15, 0.2) is 6.07 Å². The molecule has 1 aromatic rings. The molecule has 1 aromatic carbocycles. The van der Waals surface area contributed by atoms with Crippen molar-refractivity contribution in [3.8, 4) is 5.75 Å². The van der Waals surface area contributed by atoms with Crippen molar-refractivity contribution in [1.29, 1.82) is 0 Å². The molecule has 2 saturated carbocycles. The number of ketones is 4. The molecule has 1 heterocycles. The lowest BCUT2D eigenvalue weighted by molar-refractivity contribution is -0.181. The second-order valence-electron chi connectivity index (χ2n) is 11.0. The van der Waals surface area contributed by atoms with E-state index in [1.165, 1.54) is 25.1 Å². The molecule has 0 radical (unpaired) electrons. The number of phenolic OH excluding ortho intramolecular Hbond substituents is 1. The summed E-state index contributed by atoms with van der Waals surface area (Å²) in [5, 5.41) is 22.3. The van der Waals surface area contributed by atoms with Crippen molar-refractivity contribution in [2.45, 2.75) is 43.9 Å². The number of carbonyl (C=O) groups excluding carboxylic acids is 5. The predicted molar refractivity (Wildman–Crippen MR) is 126 cm³/mol. The number of hydrogen-bond acceptors (Lipinski definition) is 9. The molecular formula is C26H30FN3O7. The molecule has 0 spiro atoms. The van der Waals surface area contributed by atoms with E-state index in [0.717, 1.165) is 25.9 Å². The van der Waals surface area contributed by atoms with Gasteiger partial charge in [-0.2, -0.15) is 0 Å². The largest absolute Gasteiger partial charge is 0.507 e. The van der Waals surface area contributed by atoms with Gasteiger partial charge in [0.15, 0.2) is 34.7 Å². The molecule has 11 heteroatoms. The molecule has 198 valence electrons. The van der Waals surface area contributed by atoms with Crippen molar-refractivity contribution in [1.82, 2.24) is 9.80 Å². The number of aromatic hydroxyl groups is 1. The van der Waals surface area contributed by atoms with E-state index in [4.69, 9.17) is 5.73 Å². The van der Waals surface area contributed by atoms with E-state index >= 15 is 4.39 Å². The van der Waals surface area contributed by atoms with Crippen LogP contribution in [0.3, 0.4) is 0 Å². The van der Waals surface area contributed by atoms with Gasteiger partial charge in [0.05, 0.1) is 17.5 Å². The molecule has 0 bridgehead atoms. The van der Waals surface area contributed by atoms with E-state index in [1.54, 1.807) is 0 Å². The van der Waals surface area contributed by atoms with Crippen LogP contribution in [0, 0.1) is 29.5 Å². The van der Waals surface area contributed by atoms with Gasteiger partial charge in [-0.3, -0.25) is 33.8 Å². The number of aliphatic hydroxyl groups is 1. The number of Topliss-reactive ketones (excluding diaryl/α,β-unsaturated/α-hetero) is 4. The maximum atomic E-state index is 15.7. The van der Waals surface area contributed by atoms with E-state index in [-0.39, 0.29) is 36.1 Å². The highest BCUT2D eigenvalue weighted by molar-refractivity contribution is 6.32.